The minimum atomic E-state index is -0.141. The van der Waals surface area contributed by atoms with Crippen LogP contribution in [0.25, 0.3) is 0 Å². The van der Waals surface area contributed by atoms with Crippen molar-refractivity contribution in [1.29, 1.82) is 0 Å². The number of ether oxygens (including phenoxy) is 2. The number of carbonyl (C=O) groups is 2. The molecule has 0 aromatic rings. The fraction of sp³-hybridized carbons (Fsp3) is 0.857. The summed E-state index contributed by atoms with van der Waals surface area (Å²) in [5.41, 5.74) is 0. The summed E-state index contributed by atoms with van der Waals surface area (Å²) in [6, 6.07) is 0. The molecule has 0 amide bonds. The minimum Gasteiger partial charge on any atom is -0.466 e. The molecule has 0 aliphatic heterocycles. The first kappa shape index (κ1) is 15.0. The van der Waals surface area contributed by atoms with Crippen molar-refractivity contribution in [2.24, 2.45) is 11.8 Å². The van der Waals surface area contributed by atoms with E-state index in [0.717, 1.165) is 25.7 Å². The van der Waals surface area contributed by atoms with Crippen molar-refractivity contribution in [3.8, 4) is 0 Å². The van der Waals surface area contributed by atoms with Crippen molar-refractivity contribution in [2.45, 2.75) is 52.4 Å². The summed E-state index contributed by atoms with van der Waals surface area (Å²) in [6.45, 7) is 4.48. The highest BCUT2D eigenvalue weighted by atomic mass is 16.5. The predicted octanol–water partition coefficient (Wildman–Crippen LogP) is 2.70. The van der Waals surface area contributed by atoms with E-state index < -0.39 is 0 Å². The molecule has 0 N–H and O–H groups in total. The highest BCUT2D eigenvalue weighted by molar-refractivity contribution is 5.71. The molecule has 0 spiro atoms. The van der Waals surface area contributed by atoms with E-state index in [2.05, 4.69) is 0 Å². The summed E-state index contributed by atoms with van der Waals surface area (Å²) in [4.78, 5) is 23.1. The molecule has 0 aromatic heterocycles. The molecule has 1 aliphatic rings. The van der Waals surface area contributed by atoms with Gasteiger partial charge in [-0.1, -0.05) is 12.8 Å². The van der Waals surface area contributed by atoms with E-state index in [1.165, 1.54) is 0 Å². The number of esters is 2. The Morgan fingerprint density at radius 3 is 1.61 bits per heavy atom. The molecule has 0 aromatic carbocycles. The van der Waals surface area contributed by atoms with Gasteiger partial charge in [-0.3, -0.25) is 9.59 Å². The van der Waals surface area contributed by atoms with Gasteiger partial charge in [0.25, 0.3) is 0 Å². The zero-order valence-corrected chi connectivity index (χ0v) is 11.4. The van der Waals surface area contributed by atoms with Crippen molar-refractivity contribution in [3.63, 3.8) is 0 Å². The van der Waals surface area contributed by atoms with Gasteiger partial charge in [0.15, 0.2) is 0 Å². The molecule has 1 rings (SSSR count). The molecule has 4 nitrogen and oxygen atoms in total. The molecule has 104 valence electrons. The second-order valence-electron chi connectivity index (χ2n) is 4.82. The van der Waals surface area contributed by atoms with Gasteiger partial charge in [-0.2, -0.15) is 0 Å². The topological polar surface area (TPSA) is 52.6 Å². The summed E-state index contributed by atoms with van der Waals surface area (Å²) in [5, 5.41) is 0. The van der Waals surface area contributed by atoms with Gasteiger partial charge < -0.3 is 9.47 Å². The highest BCUT2D eigenvalue weighted by Crippen LogP contribution is 2.35. The Labute approximate surface area is 109 Å². The van der Waals surface area contributed by atoms with Crippen LogP contribution in [0.5, 0.6) is 0 Å². The van der Waals surface area contributed by atoms with Gasteiger partial charge in [-0.05, 0) is 38.5 Å². The first-order valence-corrected chi connectivity index (χ1v) is 6.98. The molecule has 0 saturated heterocycles. The van der Waals surface area contributed by atoms with Gasteiger partial charge in [0.2, 0.25) is 0 Å². The molecular weight excluding hydrogens is 232 g/mol. The molecule has 0 bridgehead atoms. The highest BCUT2D eigenvalue weighted by Gasteiger charge is 2.29. The predicted molar refractivity (Wildman–Crippen MR) is 67.9 cm³/mol. The Kier molecular flexibility index (Phi) is 6.76. The van der Waals surface area contributed by atoms with E-state index in [0.29, 0.717) is 26.1 Å². The molecule has 1 saturated carbocycles. The second-order valence-corrected chi connectivity index (χ2v) is 4.82. The number of hydrogen-bond donors (Lipinski definition) is 0. The van der Waals surface area contributed by atoms with Gasteiger partial charge in [-0.25, -0.2) is 0 Å². The van der Waals surface area contributed by atoms with Crippen molar-refractivity contribution < 1.29 is 19.1 Å². The van der Waals surface area contributed by atoms with Crippen LogP contribution in [0.2, 0.25) is 0 Å². The first-order valence-electron chi connectivity index (χ1n) is 6.98. The lowest BCUT2D eigenvalue weighted by molar-refractivity contribution is -0.148. The van der Waals surface area contributed by atoms with Crippen molar-refractivity contribution in [2.75, 3.05) is 13.2 Å². The van der Waals surface area contributed by atoms with E-state index >= 15 is 0 Å². The third kappa shape index (κ3) is 5.07. The fourth-order valence-corrected chi connectivity index (χ4v) is 2.69. The van der Waals surface area contributed by atoms with Crippen LogP contribution in [0.3, 0.4) is 0 Å². The van der Waals surface area contributed by atoms with Crippen LogP contribution >= 0.6 is 0 Å². The third-order valence-electron chi connectivity index (χ3n) is 3.53. The summed E-state index contributed by atoms with van der Waals surface area (Å²) < 4.78 is 9.98. The molecule has 0 radical (unpaired) electrons. The lowest BCUT2D eigenvalue weighted by atomic mass is 9.76. The van der Waals surface area contributed by atoms with Crippen LogP contribution in [0.15, 0.2) is 0 Å². The maximum absolute atomic E-state index is 11.5. The Bertz CT molecular complexity index is 247. The lowest BCUT2D eigenvalue weighted by Crippen LogP contribution is -2.26. The van der Waals surface area contributed by atoms with Crippen molar-refractivity contribution in [1.82, 2.24) is 0 Å². The summed E-state index contributed by atoms with van der Waals surface area (Å²) in [6.07, 6.45) is 5.20. The van der Waals surface area contributed by atoms with Crippen LogP contribution in [0.4, 0.5) is 0 Å². The molecule has 0 unspecified atom stereocenters. The average molecular weight is 256 g/mol. The molecule has 0 heterocycles. The Morgan fingerprint density at radius 1 is 0.889 bits per heavy atom. The van der Waals surface area contributed by atoms with Crippen LogP contribution in [0, 0.1) is 11.8 Å². The van der Waals surface area contributed by atoms with Gasteiger partial charge in [0, 0.05) is 12.8 Å². The summed E-state index contributed by atoms with van der Waals surface area (Å²) >= 11 is 0. The molecule has 1 fully saturated rings. The number of hydrogen-bond acceptors (Lipinski definition) is 4. The average Bonchev–Trinajstić information content (AvgIpc) is 2.32. The van der Waals surface area contributed by atoms with E-state index in [-0.39, 0.29) is 23.8 Å². The standard InChI is InChI=1S/C14H24O4/c1-3-17-13(15)9-11-7-5-6-8-12(11)10-14(16)18-4-2/h11-12H,3-10H2,1-2H3/t11-,12-/m0/s1. The van der Waals surface area contributed by atoms with Gasteiger partial charge in [0.1, 0.15) is 0 Å². The zero-order chi connectivity index (χ0) is 13.4. The van der Waals surface area contributed by atoms with Crippen LogP contribution < -0.4 is 0 Å². The smallest absolute Gasteiger partial charge is 0.306 e. The monoisotopic (exact) mass is 256 g/mol. The van der Waals surface area contributed by atoms with Gasteiger partial charge >= 0.3 is 11.9 Å². The van der Waals surface area contributed by atoms with Crippen LogP contribution in [-0.4, -0.2) is 25.2 Å². The van der Waals surface area contributed by atoms with Gasteiger partial charge in [-0.15, -0.1) is 0 Å². The molecule has 2 atom stereocenters. The number of carbonyl (C=O) groups excluding carboxylic acids is 2. The van der Waals surface area contributed by atoms with Crippen LogP contribution in [-0.2, 0) is 19.1 Å². The molecule has 4 heteroatoms. The van der Waals surface area contributed by atoms with Crippen molar-refractivity contribution >= 4 is 11.9 Å². The third-order valence-corrected chi connectivity index (χ3v) is 3.53. The largest absolute Gasteiger partial charge is 0.466 e. The lowest BCUT2D eigenvalue weighted by Gasteiger charge is -2.30. The van der Waals surface area contributed by atoms with Crippen molar-refractivity contribution in [3.05, 3.63) is 0 Å². The molecular formula is C14H24O4. The first-order chi connectivity index (χ1) is 8.67. The molecule has 18 heavy (non-hydrogen) atoms. The maximum Gasteiger partial charge on any atom is 0.306 e. The Morgan fingerprint density at radius 2 is 1.28 bits per heavy atom. The van der Waals surface area contributed by atoms with E-state index in [1.54, 1.807) is 0 Å². The summed E-state index contributed by atoms with van der Waals surface area (Å²) in [5.74, 6) is 0.279. The SMILES string of the molecule is CCOC(=O)C[C@@H]1CCCC[C@H]1CC(=O)OCC. The maximum atomic E-state index is 11.5. The summed E-state index contributed by atoms with van der Waals surface area (Å²) in [7, 11) is 0. The minimum absolute atomic E-state index is 0.141. The second kappa shape index (κ2) is 8.11. The van der Waals surface area contributed by atoms with Crippen LogP contribution in [0.1, 0.15) is 52.4 Å². The number of rotatable bonds is 6. The van der Waals surface area contributed by atoms with E-state index in [1.807, 2.05) is 13.8 Å². The van der Waals surface area contributed by atoms with E-state index in [9.17, 15) is 9.59 Å². The zero-order valence-electron chi connectivity index (χ0n) is 11.4. The molecule has 1 aliphatic carbocycles. The van der Waals surface area contributed by atoms with E-state index in [4.69, 9.17) is 9.47 Å². The normalized spacial score (nSPS) is 23.4. The fourth-order valence-electron chi connectivity index (χ4n) is 2.69. The quantitative estimate of drug-likeness (QED) is 0.686. The Balaban J connectivity index is 2.46. The van der Waals surface area contributed by atoms with Gasteiger partial charge in [0.05, 0.1) is 13.2 Å². The Hall–Kier alpha value is -1.06.